The lowest BCUT2D eigenvalue weighted by atomic mass is 10.1. The summed E-state index contributed by atoms with van der Waals surface area (Å²) in [6.07, 6.45) is 3.29. The van der Waals surface area contributed by atoms with Gasteiger partial charge in [0.15, 0.2) is 5.82 Å². The highest BCUT2D eigenvalue weighted by Gasteiger charge is 2.29. The number of hydrogen-bond acceptors (Lipinski definition) is 3. The van der Waals surface area contributed by atoms with Crippen molar-refractivity contribution in [2.45, 2.75) is 38.3 Å². The first-order chi connectivity index (χ1) is 9.74. The van der Waals surface area contributed by atoms with Crippen LogP contribution < -0.4 is 4.90 Å². The number of ether oxygens (including phenoxy) is 1. The Bertz CT molecular complexity index is 598. The number of hydrogen-bond donors (Lipinski definition) is 0. The molecule has 2 aromatic heterocycles. The van der Waals surface area contributed by atoms with E-state index in [2.05, 4.69) is 23.1 Å². The maximum atomic E-state index is 6.18. The van der Waals surface area contributed by atoms with Gasteiger partial charge in [-0.15, -0.1) is 11.6 Å². The fourth-order valence-corrected chi connectivity index (χ4v) is 3.08. The highest BCUT2D eigenvalue weighted by molar-refractivity contribution is 6.17. The molecule has 0 aromatic carbocycles. The fraction of sp³-hybridized carbons (Fsp3) is 0.533. The van der Waals surface area contributed by atoms with Crippen molar-refractivity contribution in [3.63, 3.8) is 0 Å². The molecule has 5 heteroatoms. The average molecular weight is 294 g/mol. The summed E-state index contributed by atoms with van der Waals surface area (Å²) in [4.78, 5) is 7.15. The lowest BCUT2D eigenvalue weighted by Gasteiger charge is -2.39. The van der Waals surface area contributed by atoms with Gasteiger partial charge >= 0.3 is 0 Å². The van der Waals surface area contributed by atoms with Crippen LogP contribution in [-0.4, -0.2) is 34.7 Å². The third-order valence-corrected chi connectivity index (χ3v) is 4.20. The zero-order valence-electron chi connectivity index (χ0n) is 11.9. The minimum absolute atomic E-state index is 0.228. The molecule has 0 saturated carbocycles. The molecule has 2 atom stereocenters. The van der Waals surface area contributed by atoms with Crippen LogP contribution in [0.4, 0.5) is 5.82 Å². The van der Waals surface area contributed by atoms with Crippen molar-refractivity contribution >= 4 is 23.1 Å². The van der Waals surface area contributed by atoms with Crippen molar-refractivity contribution in [3.05, 3.63) is 30.1 Å². The minimum atomic E-state index is 0.228. The zero-order valence-corrected chi connectivity index (χ0v) is 12.7. The van der Waals surface area contributed by atoms with Gasteiger partial charge in [-0.25, -0.2) is 4.98 Å². The predicted octanol–water partition coefficient (Wildman–Crippen LogP) is 3.08. The van der Waals surface area contributed by atoms with Gasteiger partial charge in [0.25, 0.3) is 0 Å². The van der Waals surface area contributed by atoms with Crippen molar-refractivity contribution in [3.8, 4) is 0 Å². The minimum Gasteiger partial charge on any atom is -0.375 e. The van der Waals surface area contributed by atoms with Crippen molar-refractivity contribution in [2.24, 2.45) is 0 Å². The Balaban J connectivity index is 2.07. The van der Waals surface area contributed by atoms with Crippen molar-refractivity contribution < 1.29 is 4.74 Å². The molecule has 0 radical (unpaired) electrons. The third-order valence-electron chi connectivity index (χ3n) is 3.95. The van der Waals surface area contributed by atoms with E-state index in [1.165, 1.54) is 0 Å². The topological polar surface area (TPSA) is 29.8 Å². The number of alkyl halides is 1. The second kappa shape index (κ2) is 5.62. The van der Waals surface area contributed by atoms with Crippen LogP contribution in [0.1, 0.15) is 26.0 Å². The molecule has 0 N–H and O–H groups in total. The molecule has 1 fully saturated rings. The van der Waals surface area contributed by atoms with E-state index in [4.69, 9.17) is 21.3 Å². The van der Waals surface area contributed by atoms with Crippen molar-refractivity contribution in [1.82, 2.24) is 9.38 Å². The average Bonchev–Trinajstić information content (AvgIpc) is 2.85. The lowest BCUT2D eigenvalue weighted by molar-refractivity contribution is 0.0296. The number of aromatic nitrogens is 2. The van der Waals surface area contributed by atoms with Crippen LogP contribution in [0.3, 0.4) is 0 Å². The molecule has 3 rings (SSSR count). The van der Waals surface area contributed by atoms with Gasteiger partial charge in [-0.1, -0.05) is 13.0 Å². The monoisotopic (exact) mass is 293 g/mol. The van der Waals surface area contributed by atoms with Gasteiger partial charge in [-0.05, 0) is 25.5 Å². The molecule has 1 aliphatic rings. The van der Waals surface area contributed by atoms with E-state index in [-0.39, 0.29) is 6.10 Å². The highest BCUT2D eigenvalue weighted by atomic mass is 35.5. The van der Waals surface area contributed by atoms with Gasteiger partial charge in [0.1, 0.15) is 5.65 Å². The van der Waals surface area contributed by atoms with E-state index < -0.39 is 0 Å². The Morgan fingerprint density at radius 1 is 1.45 bits per heavy atom. The Hall–Kier alpha value is -1.26. The first-order valence-corrected chi connectivity index (χ1v) is 7.68. The van der Waals surface area contributed by atoms with E-state index in [0.717, 1.165) is 36.7 Å². The summed E-state index contributed by atoms with van der Waals surface area (Å²) in [7, 11) is 0. The molecule has 0 aliphatic carbocycles. The maximum absolute atomic E-state index is 6.18. The number of morpholine rings is 1. The van der Waals surface area contributed by atoms with Crippen LogP contribution in [0.5, 0.6) is 0 Å². The Morgan fingerprint density at radius 2 is 2.30 bits per heavy atom. The molecule has 0 bridgehead atoms. The fourth-order valence-electron chi connectivity index (χ4n) is 2.83. The second-order valence-electron chi connectivity index (χ2n) is 5.30. The van der Waals surface area contributed by atoms with Crippen LogP contribution in [-0.2, 0) is 10.6 Å². The van der Waals surface area contributed by atoms with Crippen molar-refractivity contribution in [1.29, 1.82) is 0 Å². The summed E-state index contributed by atoms with van der Waals surface area (Å²) in [5, 5.41) is 0. The number of anilines is 1. The number of rotatable bonds is 3. The SMILES string of the molecule is CCC1COC(C)CN1c1nc2ccccn2c1CCl. The van der Waals surface area contributed by atoms with Crippen molar-refractivity contribution in [2.75, 3.05) is 18.1 Å². The third kappa shape index (κ3) is 2.27. The van der Waals surface area contributed by atoms with Gasteiger partial charge < -0.3 is 14.0 Å². The molecular weight excluding hydrogens is 274 g/mol. The molecule has 20 heavy (non-hydrogen) atoms. The molecule has 2 aromatic rings. The Kier molecular flexibility index (Phi) is 3.85. The largest absolute Gasteiger partial charge is 0.375 e. The van der Waals surface area contributed by atoms with Gasteiger partial charge in [0.05, 0.1) is 30.3 Å². The summed E-state index contributed by atoms with van der Waals surface area (Å²) >= 11 is 6.18. The molecular formula is C15H20ClN3O. The maximum Gasteiger partial charge on any atom is 0.152 e. The summed E-state index contributed by atoms with van der Waals surface area (Å²) in [5.74, 6) is 1.47. The molecule has 0 amide bonds. The van der Waals surface area contributed by atoms with E-state index >= 15 is 0 Å². The second-order valence-corrected chi connectivity index (χ2v) is 5.57. The van der Waals surface area contributed by atoms with Gasteiger partial charge in [0, 0.05) is 12.7 Å². The van der Waals surface area contributed by atoms with E-state index in [1.807, 2.05) is 24.4 Å². The smallest absolute Gasteiger partial charge is 0.152 e. The quantitative estimate of drug-likeness (QED) is 0.815. The van der Waals surface area contributed by atoms with Crippen LogP contribution in [0, 0.1) is 0 Å². The van der Waals surface area contributed by atoms with Gasteiger partial charge in [-0.3, -0.25) is 0 Å². The molecule has 1 aliphatic heterocycles. The summed E-state index contributed by atoms with van der Waals surface area (Å²) in [5.41, 5.74) is 2.02. The standard InChI is InChI=1S/C15H20ClN3O/c1-3-12-10-20-11(2)9-19(12)15-13(8-16)18-7-5-4-6-14(18)17-15/h4-7,11-12H,3,8-10H2,1-2H3. The van der Waals surface area contributed by atoms with E-state index in [9.17, 15) is 0 Å². The number of imidazole rings is 1. The molecule has 1 saturated heterocycles. The van der Waals surface area contributed by atoms with Gasteiger partial charge in [0.2, 0.25) is 0 Å². The number of nitrogens with zero attached hydrogens (tertiary/aromatic N) is 3. The Labute approximate surface area is 124 Å². The molecule has 0 spiro atoms. The Morgan fingerprint density at radius 3 is 3.05 bits per heavy atom. The molecule has 3 heterocycles. The summed E-state index contributed by atoms with van der Waals surface area (Å²) in [6.45, 7) is 5.92. The highest BCUT2D eigenvalue weighted by Crippen LogP contribution is 2.28. The van der Waals surface area contributed by atoms with E-state index in [0.29, 0.717) is 11.9 Å². The van der Waals surface area contributed by atoms with Crippen LogP contribution in [0.2, 0.25) is 0 Å². The van der Waals surface area contributed by atoms with Crippen LogP contribution in [0.25, 0.3) is 5.65 Å². The van der Waals surface area contributed by atoms with Gasteiger partial charge in [-0.2, -0.15) is 0 Å². The predicted molar refractivity (Wildman–Crippen MR) is 81.6 cm³/mol. The molecule has 4 nitrogen and oxygen atoms in total. The number of halogens is 1. The first kappa shape index (κ1) is 13.7. The molecule has 108 valence electrons. The zero-order chi connectivity index (χ0) is 14.1. The van der Waals surface area contributed by atoms with Crippen LogP contribution in [0.15, 0.2) is 24.4 Å². The molecule has 2 unspecified atom stereocenters. The summed E-state index contributed by atoms with van der Waals surface area (Å²) < 4.78 is 7.85. The number of pyridine rings is 1. The summed E-state index contributed by atoms with van der Waals surface area (Å²) in [6, 6.07) is 6.40. The lowest BCUT2D eigenvalue weighted by Crippen LogP contribution is -2.49. The number of fused-ring (bicyclic) bond motifs is 1. The normalized spacial score (nSPS) is 23.4. The first-order valence-electron chi connectivity index (χ1n) is 7.14. The van der Waals surface area contributed by atoms with Crippen LogP contribution >= 0.6 is 11.6 Å². The van der Waals surface area contributed by atoms with E-state index in [1.54, 1.807) is 0 Å².